The summed E-state index contributed by atoms with van der Waals surface area (Å²) in [6, 6.07) is 8.11. The summed E-state index contributed by atoms with van der Waals surface area (Å²) in [5.41, 5.74) is 1.66. The molecule has 3 heteroatoms. The lowest BCUT2D eigenvalue weighted by atomic mass is 9.77. The van der Waals surface area contributed by atoms with Crippen molar-refractivity contribution in [2.75, 3.05) is 19.7 Å². The average Bonchev–Trinajstić information content (AvgIpc) is 2.76. The SMILES string of the molecule is Clc1ccccc1CC1CC2(CCNCC2)CO1. The molecular formula is C15H20ClNO. The minimum Gasteiger partial charge on any atom is -0.377 e. The number of benzene rings is 1. The fourth-order valence-electron chi connectivity index (χ4n) is 3.24. The lowest BCUT2D eigenvalue weighted by Crippen LogP contribution is -2.37. The molecule has 1 spiro atoms. The first-order chi connectivity index (χ1) is 8.77. The Morgan fingerprint density at radius 2 is 2.06 bits per heavy atom. The Labute approximate surface area is 114 Å². The van der Waals surface area contributed by atoms with E-state index in [4.69, 9.17) is 16.3 Å². The van der Waals surface area contributed by atoms with Crippen LogP contribution in [0.15, 0.2) is 24.3 Å². The van der Waals surface area contributed by atoms with Gasteiger partial charge in [0, 0.05) is 11.4 Å². The van der Waals surface area contributed by atoms with Crippen LogP contribution >= 0.6 is 11.6 Å². The van der Waals surface area contributed by atoms with Crippen molar-refractivity contribution in [1.29, 1.82) is 0 Å². The lowest BCUT2D eigenvalue weighted by molar-refractivity contribution is 0.0867. The van der Waals surface area contributed by atoms with Gasteiger partial charge in [-0.2, -0.15) is 0 Å². The van der Waals surface area contributed by atoms with E-state index >= 15 is 0 Å². The Bertz CT molecular complexity index is 415. The van der Waals surface area contributed by atoms with Gasteiger partial charge in [0.15, 0.2) is 0 Å². The van der Waals surface area contributed by atoms with Gasteiger partial charge in [-0.3, -0.25) is 0 Å². The molecule has 2 heterocycles. The van der Waals surface area contributed by atoms with Crippen LogP contribution in [0.5, 0.6) is 0 Å². The van der Waals surface area contributed by atoms with Crippen LogP contribution in [0.2, 0.25) is 5.02 Å². The minimum absolute atomic E-state index is 0.350. The molecule has 1 aromatic carbocycles. The Kier molecular flexibility index (Phi) is 3.60. The summed E-state index contributed by atoms with van der Waals surface area (Å²) < 4.78 is 6.02. The molecule has 2 aliphatic rings. The van der Waals surface area contributed by atoms with Gasteiger partial charge in [0.05, 0.1) is 12.7 Å². The summed E-state index contributed by atoms with van der Waals surface area (Å²) in [7, 11) is 0. The summed E-state index contributed by atoms with van der Waals surface area (Å²) in [5, 5.41) is 4.30. The third-order valence-corrected chi connectivity index (χ3v) is 4.72. The van der Waals surface area contributed by atoms with Gasteiger partial charge >= 0.3 is 0 Å². The van der Waals surface area contributed by atoms with Crippen LogP contribution in [0, 0.1) is 5.41 Å². The monoisotopic (exact) mass is 265 g/mol. The van der Waals surface area contributed by atoms with Crippen molar-refractivity contribution in [2.24, 2.45) is 5.41 Å². The standard InChI is InChI=1S/C15H20ClNO/c16-14-4-2-1-3-12(14)9-13-10-15(11-18-13)5-7-17-8-6-15/h1-4,13,17H,5-11H2. The molecular weight excluding hydrogens is 246 g/mol. The molecule has 2 saturated heterocycles. The minimum atomic E-state index is 0.350. The van der Waals surface area contributed by atoms with Crippen LogP contribution in [0.4, 0.5) is 0 Å². The van der Waals surface area contributed by atoms with E-state index in [1.807, 2.05) is 12.1 Å². The number of hydrogen-bond donors (Lipinski definition) is 1. The van der Waals surface area contributed by atoms with Gasteiger partial charge in [-0.25, -0.2) is 0 Å². The van der Waals surface area contributed by atoms with Crippen LogP contribution < -0.4 is 5.32 Å². The van der Waals surface area contributed by atoms with E-state index in [0.29, 0.717) is 11.5 Å². The number of hydrogen-bond acceptors (Lipinski definition) is 2. The highest BCUT2D eigenvalue weighted by molar-refractivity contribution is 6.31. The van der Waals surface area contributed by atoms with Crippen molar-refractivity contribution in [3.05, 3.63) is 34.9 Å². The first-order valence-corrected chi connectivity index (χ1v) is 7.21. The largest absolute Gasteiger partial charge is 0.377 e. The summed E-state index contributed by atoms with van der Waals surface area (Å²) in [4.78, 5) is 0. The predicted octanol–water partition coefficient (Wildman–Crippen LogP) is 3.04. The highest BCUT2D eigenvalue weighted by Crippen LogP contribution is 2.41. The zero-order chi connectivity index (χ0) is 12.4. The molecule has 0 aromatic heterocycles. The van der Waals surface area contributed by atoms with Crippen molar-refractivity contribution in [3.8, 4) is 0 Å². The maximum absolute atomic E-state index is 6.21. The molecule has 18 heavy (non-hydrogen) atoms. The molecule has 0 bridgehead atoms. The topological polar surface area (TPSA) is 21.3 Å². The number of ether oxygens (including phenoxy) is 1. The van der Waals surface area contributed by atoms with Gasteiger partial charge in [0.2, 0.25) is 0 Å². The first-order valence-electron chi connectivity index (χ1n) is 6.83. The molecule has 1 atom stereocenters. The number of nitrogens with one attached hydrogen (secondary N) is 1. The second-order valence-corrected chi connectivity index (χ2v) is 6.09. The normalized spacial score (nSPS) is 26.6. The molecule has 0 saturated carbocycles. The van der Waals surface area contributed by atoms with Crippen LogP contribution in [-0.4, -0.2) is 25.8 Å². The second-order valence-electron chi connectivity index (χ2n) is 5.68. The quantitative estimate of drug-likeness (QED) is 0.888. The Morgan fingerprint density at radius 1 is 1.28 bits per heavy atom. The van der Waals surface area contributed by atoms with Crippen molar-refractivity contribution in [2.45, 2.75) is 31.8 Å². The van der Waals surface area contributed by atoms with Crippen LogP contribution in [0.1, 0.15) is 24.8 Å². The molecule has 2 aliphatic heterocycles. The fourth-order valence-corrected chi connectivity index (χ4v) is 3.45. The maximum Gasteiger partial charge on any atom is 0.0622 e. The van der Waals surface area contributed by atoms with E-state index < -0.39 is 0 Å². The number of halogens is 1. The molecule has 1 unspecified atom stereocenters. The van der Waals surface area contributed by atoms with E-state index in [0.717, 1.165) is 31.1 Å². The molecule has 1 N–H and O–H groups in total. The molecule has 1 aromatic rings. The molecule has 0 aliphatic carbocycles. The predicted molar refractivity (Wildman–Crippen MR) is 74.0 cm³/mol. The highest BCUT2D eigenvalue weighted by Gasteiger charge is 2.40. The maximum atomic E-state index is 6.21. The van der Waals surface area contributed by atoms with Gasteiger partial charge in [-0.1, -0.05) is 29.8 Å². The second kappa shape index (κ2) is 5.20. The Morgan fingerprint density at radius 3 is 2.83 bits per heavy atom. The zero-order valence-corrected chi connectivity index (χ0v) is 11.4. The molecule has 2 nitrogen and oxygen atoms in total. The van der Waals surface area contributed by atoms with Crippen LogP contribution in [0.25, 0.3) is 0 Å². The van der Waals surface area contributed by atoms with Crippen molar-refractivity contribution < 1.29 is 4.74 Å². The summed E-state index contributed by atoms with van der Waals surface area (Å²) in [6.45, 7) is 3.22. The molecule has 98 valence electrons. The lowest BCUT2D eigenvalue weighted by Gasteiger charge is -2.32. The number of rotatable bonds is 2. The van der Waals surface area contributed by atoms with Crippen molar-refractivity contribution in [1.82, 2.24) is 5.32 Å². The van der Waals surface area contributed by atoms with Gasteiger partial charge in [-0.15, -0.1) is 0 Å². The van der Waals surface area contributed by atoms with Crippen LogP contribution in [0.3, 0.4) is 0 Å². The summed E-state index contributed by atoms with van der Waals surface area (Å²) in [5.74, 6) is 0. The van der Waals surface area contributed by atoms with E-state index in [1.165, 1.54) is 24.8 Å². The molecule has 0 radical (unpaired) electrons. The van der Waals surface area contributed by atoms with E-state index in [9.17, 15) is 0 Å². The van der Waals surface area contributed by atoms with Gasteiger partial charge < -0.3 is 10.1 Å². The molecule has 3 rings (SSSR count). The fraction of sp³-hybridized carbons (Fsp3) is 0.600. The Balaban J connectivity index is 1.64. The van der Waals surface area contributed by atoms with Crippen molar-refractivity contribution in [3.63, 3.8) is 0 Å². The third kappa shape index (κ3) is 2.56. The Hall–Kier alpha value is -0.570. The third-order valence-electron chi connectivity index (χ3n) is 4.36. The van der Waals surface area contributed by atoms with E-state index in [1.54, 1.807) is 0 Å². The smallest absolute Gasteiger partial charge is 0.0622 e. The highest BCUT2D eigenvalue weighted by atomic mass is 35.5. The van der Waals surface area contributed by atoms with E-state index in [2.05, 4.69) is 17.4 Å². The molecule has 2 fully saturated rings. The van der Waals surface area contributed by atoms with Crippen LogP contribution in [-0.2, 0) is 11.2 Å². The van der Waals surface area contributed by atoms with Gasteiger partial charge in [0.1, 0.15) is 0 Å². The number of piperidine rings is 1. The summed E-state index contributed by atoms with van der Waals surface area (Å²) >= 11 is 6.21. The first kappa shape index (κ1) is 12.5. The average molecular weight is 266 g/mol. The van der Waals surface area contributed by atoms with Gasteiger partial charge in [-0.05, 0) is 49.4 Å². The van der Waals surface area contributed by atoms with E-state index in [-0.39, 0.29) is 0 Å². The van der Waals surface area contributed by atoms with Crippen molar-refractivity contribution >= 4 is 11.6 Å². The molecule has 0 amide bonds. The van der Waals surface area contributed by atoms with Gasteiger partial charge in [0.25, 0.3) is 0 Å². The zero-order valence-electron chi connectivity index (χ0n) is 10.6. The summed E-state index contributed by atoms with van der Waals surface area (Å²) in [6.07, 6.45) is 5.01.